The molecule has 150 valence electrons. The summed E-state index contributed by atoms with van der Waals surface area (Å²) in [4.78, 5) is 25.6. The van der Waals surface area contributed by atoms with Crippen LogP contribution >= 0.6 is 11.8 Å². The first kappa shape index (κ1) is 20.9. The highest BCUT2D eigenvalue weighted by atomic mass is 32.2. The number of hydrogen-bond donors (Lipinski definition) is 0. The largest absolute Gasteiger partial charge is 0.457 e. The van der Waals surface area contributed by atoms with E-state index in [9.17, 15) is 14.0 Å². The molecule has 0 N–H and O–H groups in total. The van der Waals surface area contributed by atoms with E-state index in [-0.39, 0.29) is 24.0 Å². The molecule has 3 aromatic rings. The molecule has 0 fully saturated rings. The van der Waals surface area contributed by atoms with Crippen LogP contribution in [0.25, 0.3) is 5.69 Å². The van der Waals surface area contributed by atoms with E-state index in [0.717, 1.165) is 16.2 Å². The molecule has 0 unspecified atom stereocenters. The number of thioether (sulfide) groups is 1. The van der Waals surface area contributed by atoms with Crippen molar-refractivity contribution in [1.29, 1.82) is 0 Å². The van der Waals surface area contributed by atoms with Crippen molar-refractivity contribution in [3.63, 3.8) is 0 Å². The Balaban J connectivity index is 1.63. The maximum absolute atomic E-state index is 13.6. The van der Waals surface area contributed by atoms with Gasteiger partial charge in [0.15, 0.2) is 6.61 Å². The molecule has 0 amide bonds. The smallest absolute Gasteiger partial charge is 0.316 e. The van der Waals surface area contributed by atoms with E-state index < -0.39 is 5.97 Å². The van der Waals surface area contributed by atoms with Crippen LogP contribution in [0.4, 0.5) is 4.39 Å². The maximum Gasteiger partial charge on any atom is 0.316 e. The number of Topliss-reactive ketones (excluding diaryl/α,β-unsaturated/α-hetero) is 1. The van der Waals surface area contributed by atoms with Crippen LogP contribution in [0.3, 0.4) is 0 Å². The molecule has 0 bridgehead atoms. The van der Waals surface area contributed by atoms with Crippen molar-refractivity contribution in [2.24, 2.45) is 0 Å². The van der Waals surface area contributed by atoms with Crippen LogP contribution in [0.5, 0.6) is 0 Å². The number of aromatic nitrogens is 1. The van der Waals surface area contributed by atoms with Crippen molar-refractivity contribution in [3.8, 4) is 5.69 Å². The standard InChI is InChI=1S/C23H22FNO3S/c1-15-7-4-5-10-22(15)29-14-23(27)28-13-21(26)20-11-16(2)25(17(20)3)19-9-6-8-18(24)12-19/h4-12H,13-14H2,1-3H3. The Bertz CT molecular complexity index is 1060. The lowest BCUT2D eigenvalue weighted by Crippen LogP contribution is -2.16. The topological polar surface area (TPSA) is 48.3 Å². The van der Waals surface area contributed by atoms with Crippen LogP contribution in [0.2, 0.25) is 0 Å². The minimum Gasteiger partial charge on any atom is -0.457 e. The van der Waals surface area contributed by atoms with Crippen LogP contribution in [0.15, 0.2) is 59.5 Å². The van der Waals surface area contributed by atoms with Crippen LogP contribution < -0.4 is 0 Å². The van der Waals surface area contributed by atoms with Crippen LogP contribution in [0, 0.1) is 26.6 Å². The van der Waals surface area contributed by atoms with Crippen LogP contribution in [-0.2, 0) is 9.53 Å². The van der Waals surface area contributed by atoms with Gasteiger partial charge in [0.2, 0.25) is 5.78 Å². The number of benzene rings is 2. The molecule has 6 heteroatoms. The molecule has 0 spiro atoms. The summed E-state index contributed by atoms with van der Waals surface area (Å²) in [6.45, 7) is 5.30. The maximum atomic E-state index is 13.6. The molecule has 0 radical (unpaired) electrons. The molecule has 4 nitrogen and oxygen atoms in total. The highest BCUT2D eigenvalue weighted by Crippen LogP contribution is 2.23. The molecule has 0 saturated heterocycles. The summed E-state index contributed by atoms with van der Waals surface area (Å²) in [6, 6.07) is 15.7. The number of aryl methyl sites for hydroxylation is 2. The van der Waals surface area contributed by atoms with E-state index in [1.165, 1.54) is 23.9 Å². The number of carbonyl (C=O) groups excluding carboxylic acids is 2. The molecule has 1 aromatic heterocycles. The minimum atomic E-state index is -0.439. The second-order valence-electron chi connectivity index (χ2n) is 6.74. The third-order valence-electron chi connectivity index (χ3n) is 4.60. The summed E-state index contributed by atoms with van der Waals surface area (Å²) in [5.41, 5.74) is 3.68. The Labute approximate surface area is 173 Å². The number of nitrogens with zero attached hydrogens (tertiary/aromatic N) is 1. The SMILES string of the molecule is Cc1ccccc1SCC(=O)OCC(=O)c1cc(C)n(-c2cccc(F)c2)c1C. The van der Waals surface area contributed by atoms with Crippen molar-refractivity contribution >= 4 is 23.5 Å². The molecule has 0 saturated carbocycles. The fraction of sp³-hybridized carbons (Fsp3) is 0.217. The van der Waals surface area contributed by atoms with Gasteiger partial charge in [-0.05, 0) is 56.7 Å². The summed E-state index contributed by atoms with van der Waals surface area (Å²) in [6.07, 6.45) is 0. The van der Waals surface area contributed by atoms with E-state index in [1.807, 2.05) is 42.7 Å². The lowest BCUT2D eigenvalue weighted by molar-refractivity contribution is -0.139. The second-order valence-corrected chi connectivity index (χ2v) is 7.76. The Morgan fingerprint density at radius 3 is 2.52 bits per heavy atom. The van der Waals surface area contributed by atoms with Gasteiger partial charge >= 0.3 is 5.97 Å². The molecule has 1 heterocycles. The number of carbonyl (C=O) groups is 2. The first-order valence-electron chi connectivity index (χ1n) is 9.19. The zero-order valence-corrected chi connectivity index (χ0v) is 17.4. The third-order valence-corrected chi connectivity index (χ3v) is 5.75. The van der Waals surface area contributed by atoms with Gasteiger partial charge in [-0.3, -0.25) is 9.59 Å². The summed E-state index contributed by atoms with van der Waals surface area (Å²) in [5, 5.41) is 0. The molecular formula is C23H22FNO3S. The monoisotopic (exact) mass is 411 g/mol. The lowest BCUT2D eigenvalue weighted by atomic mass is 10.1. The summed E-state index contributed by atoms with van der Waals surface area (Å²) in [5.74, 6) is -0.927. The zero-order valence-electron chi connectivity index (χ0n) is 16.6. The number of rotatable bonds is 7. The van der Waals surface area contributed by atoms with Crippen molar-refractivity contribution in [2.45, 2.75) is 25.7 Å². The fourth-order valence-electron chi connectivity index (χ4n) is 3.18. The van der Waals surface area contributed by atoms with E-state index in [1.54, 1.807) is 25.1 Å². The van der Waals surface area contributed by atoms with E-state index in [4.69, 9.17) is 4.74 Å². The number of ether oxygens (including phenoxy) is 1. The molecule has 3 rings (SSSR count). The molecule has 0 aliphatic rings. The molecular weight excluding hydrogens is 389 g/mol. The van der Waals surface area contributed by atoms with Crippen LogP contribution in [-0.4, -0.2) is 28.7 Å². The first-order valence-corrected chi connectivity index (χ1v) is 10.2. The van der Waals surface area contributed by atoms with E-state index in [2.05, 4.69) is 0 Å². The van der Waals surface area contributed by atoms with Gasteiger partial charge in [0.05, 0.1) is 5.75 Å². The molecule has 29 heavy (non-hydrogen) atoms. The van der Waals surface area contributed by atoms with Gasteiger partial charge in [-0.2, -0.15) is 0 Å². The van der Waals surface area contributed by atoms with Gasteiger partial charge in [-0.25, -0.2) is 4.39 Å². The van der Waals surface area contributed by atoms with Gasteiger partial charge in [0.1, 0.15) is 5.82 Å². The third kappa shape index (κ3) is 4.95. The predicted octanol–water partition coefficient (Wildman–Crippen LogP) is 5.06. The Morgan fingerprint density at radius 2 is 1.79 bits per heavy atom. The van der Waals surface area contributed by atoms with Crippen molar-refractivity contribution in [2.75, 3.05) is 12.4 Å². The van der Waals surface area contributed by atoms with Crippen molar-refractivity contribution in [1.82, 2.24) is 4.57 Å². The average molecular weight is 411 g/mol. The lowest BCUT2D eigenvalue weighted by Gasteiger charge is -2.10. The van der Waals surface area contributed by atoms with Crippen molar-refractivity contribution in [3.05, 3.63) is 82.9 Å². The summed E-state index contributed by atoms with van der Waals surface area (Å²) >= 11 is 1.39. The molecule has 0 atom stereocenters. The highest BCUT2D eigenvalue weighted by Gasteiger charge is 2.18. The highest BCUT2D eigenvalue weighted by molar-refractivity contribution is 8.00. The number of esters is 1. The molecule has 2 aromatic carbocycles. The molecule has 0 aliphatic carbocycles. The number of hydrogen-bond acceptors (Lipinski definition) is 4. The predicted molar refractivity (Wildman–Crippen MR) is 112 cm³/mol. The summed E-state index contributed by atoms with van der Waals surface area (Å²) < 4.78 is 20.6. The first-order chi connectivity index (χ1) is 13.9. The van der Waals surface area contributed by atoms with E-state index >= 15 is 0 Å². The molecule has 0 aliphatic heterocycles. The zero-order chi connectivity index (χ0) is 21.0. The quantitative estimate of drug-likeness (QED) is 0.310. The minimum absolute atomic E-state index is 0.139. The van der Waals surface area contributed by atoms with Gasteiger partial charge in [0, 0.05) is 27.5 Å². The number of ketones is 1. The normalized spacial score (nSPS) is 10.8. The second kappa shape index (κ2) is 9.09. The van der Waals surface area contributed by atoms with Gasteiger partial charge in [-0.15, -0.1) is 11.8 Å². The number of halogens is 1. The Hall–Kier alpha value is -2.86. The fourth-order valence-corrected chi connectivity index (χ4v) is 4.01. The van der Waals surface area contributed by atoms with Crippen LogP contribution in [0.1, 0.15) is 27.3 Å². The van der Waals surface area contributed by atoms with E-state index in [0.29, 0.717) is 16.9 Å². The van der Waals surface area contributed by atoms with Gasteiger partial charge in [0.25, 0.3) is 0 Å². The average Bonchev–Trinajstić information content (AvgIpc) is 2.99. The van der Waals surface area contributed by atoms with Gasteiger partial charge in [-0.1, -0.05) is 24.3 Å². The Morgan fingerprint density at radius 1 is 1.03 bits per heavy atom. The van der Waals surface area contributed by atoms with Gasteiger partial charge < -0.3 is 9.30 Å². The Kier molecular flexibility index (Phi) is 6.54. The summed E-state index contributed by atoms with van der Waals surface area (Å²) in [7, 11) is 0. The van der Waals surface area contributed by atoms with Crippen molar-refractivity contribution < 1.29 is 18.7 Å².